The Morgan fingerprint density at radius 3 is 2.89 bits per heavy atom. The lowest BCUT2D eigenvalue weighted by molar-refractivity contribution is 0.189. The van der Waals surface area contributed by atoms with Gasteiger partial charge in [-0.2, -0.15) is 5.10 Å². The number of aromatic nitrogens is 4. The average molecular weight is 248 g/mol. The van der Waals surface area contributed by atoms with Crippen LogP contribution in [0.3, 0.4) is 0 Å². The van der Waals surface area contributed by atoms with Crippen LogP contribution in [0.5, 0.6) is 0 Å². The summed E-state index contributed by atoms with van der Waals surface area (Å²) in [7, 11) is 0. The standard InChI is InChI=1S/C12H16N4O2/c1-7(17)10-14-11-9(12(18)15-10)6-13-16(11)8-4-2-3-5-8/h6-8,17H,2-5H2,1H3,(H,14,15,18). The van der Waals surface area contributed by atoms with Gasteiger partial charge in [-0.15, -0.1) is 0 Å². The van der Waals surface area contributed by atoms with Gasteiger partial charge in [0.15, 0.2) is 5.65 Å². The predicted octanol–water partition coefficient (Wildman–Crippen LogP) is 1.29. The van der Waals surface area contributed by atoms with Crippen LogP contribution in [-0.4, -0.2) is 24.9 Å². The monoisotopic (exact) mass is 248 g/mol. The van der Waals surface area contributed by atoms with E-state index in [1.165, 1.54) is 12.8 Å². The van der Waals surface area contributed by atoms with Crippen LogP contribution in [0.25, 0.3) is 11.0 Å². The summed E-state index contributed by atoms with van der Waals surface area (Å²) in [5, 5.41) is 14.3. The van der Waals surface area contributed by atoms with E-state index in [1.54, 1.807) is 13.1 Å². The van der Waals surface area contributed by atoms with Crippen LogP contribution in [0.1, 0.15) is 50.6 Å². The number of aliphatic hydroxyl groups excluding tert-OH is 1. The molecule has 1 aliphatic rings. The van der Waals surface area contributed by atoms with E-state index in [0.717, 1.165) is 12.8 Å². The van der Waals surface area contributed by atoms with E-state index < -0.39 is 6.10 Å². The summed E-state index contributed by atoms with van der Waals surface area (Å²) in [5.74, 6) is 0.298. The largest absolute Gasteiger partial charge is 0.385 e. The zero-order valence-electron chi connectivity index (χ0n) is 10.3. The molecule has 2 aromatic rings. The summed E-state index contributed by atoms with van der Waals surface area (Å²) in [6.45, 7) is 1.58. The van der Waals surface area contributed by atoms with Crippen molar-refractivity contribution in [3.8, 4) is 0 Å². The van der Waals surface area contributed by atoms with Gasteiger partial charge in [0, 0.05) is 0 Å². The Morgan fingerprint density at radius 2 is 2.22 bits per heavy atom. The van der Waals surface area contributed by atoms with Gasteiger partial charge in [-0.05, 0) is 19.8 Å². The average Bonchev–Trinajstić information content (AvgIpc) is 2.96. The molecule has 0 bridgehead atoms. The molecule has 6 heteroatoms. The minimum atomic E-state index is -0.783. The highest BCUT2D eigenvalue weighted by atomic mass is 16.3. The summed E-state index contributed by atoms with van der Waals surface area (Å²) in [6.07, 6.45) is 5.32. The summed E-state index contributed by atoms with van der Waals surface area (Å²) in [6, 6.07) is 0.332. The summed E-state index contributed by atoms with van der Waals surface area (Å²) >= 11 is 0. The van der Waals surface area contributed by atoms with Gasteiger partial charge in [0.2, 0.25) is 0 Å². The molecular formula is C12H16N4O2. The molecule has 1 saturated carbocycles. The van der Waals surface area contributed by atoms with E-state index >= 15 is 0 Å². The number of rotatable bonds is 2. The lowest BCUT2D eigenvalue weighted by atomic mass is 10.2. The van der Waals surface area contributed by atoms with Crippen LogP contribution in [0.2, 0.25) is 0 Å². The zero-order chi connectivity index (χ0) is 12.7. The van der Waals surface area contributed by atoms with Gasteiger partial charge in [0.1, 0.15) is 17.3 Å². The van der Waals surface area contributed by atoms with Crippen molar-refractivity contribution in [2.24, 2.45) is 0 Å². The van der Waals surface area contributed by atoms with Crippen LogP contribution in [-0.2, 0) is 0 Å². The first kappa shape index (κ1) is 11.4. The maximum absolute atomic E-state index is 11.9. The van der Waals surface area contributed by atoms with E-state index in [1.807, 2.05) is 4.68 Å². The van der Waals surface area contributed by atoms with Crippen molar-refractivity contribution in [3.63, 3.8) is 0 Å². The van der Waals surface area contributed by atoms with Gasteiger partial charge in [-0.1, -0.05) is 12.8 Å². The quantitative estimate of drug-likeness (QED) is 0.838. The number of hydrogen-bond donors (Lipinski definition) is 2. The number of fused-ring (bicyclic) bond motifs is 1. The molecule has 96 valence electrons. The molecule has 0 saturated heterocycles. The van der Waals surface area contributed by atoms with E-state index in [9.17, 15) is 9.90 Å². The fraction of sp³-hybridized carbons (Fsp3) is 0.583. The molecule has 1 atom stereocenters. The molecule has 0 radical (unpaired) electrons. The second-order valence-electron chi connectivity index (χ2n) is 4.89. The number of nitrogens with one attached hydrogen (secondary N) is 1. The number of aliphatic hydroxyl groups is 1. The third-order valence-electron chi connectivity index (χ3n) is 3.55. The first-order chi connectivity index (χ1) is 8.66. The topological polar surface area (TPSA) is 83.8 Å². The van der Waals surface area contributed by atoms with Crippen molar-refractivity contribution in [1.29, 1.82) is 0 Å². The van der Waals surface area contributed by atoms with Gasteiger partial charge in [0.05, 0.1) is 12.2 Å². The third kappa shape index (κ3) is 1.73. The molecule has 2 aromatic heterocycles. The minimum Gasteiger partial charge on any atom is -0.385 e. The zero-order valence-corrected chi connectivity index (χ0v) is 10.3. The number of H-pyrrole nitrogens is 1. The molecule has 1 unspecified atom stereocenters. The fourth-order valence-electron chi connectivity index (χ4n) is 2.57. The number of hydrogen-bond acceptors (Lipinski definition) is 4. The highest BCUT2D eigenvalue weighted by Gasteiger charge is 2.21. The molecule has 6 nitrogen and oxygen atoms in total. The lowest BCUT2D eigenvalue weighted by Crippen LogP contribution is -2.15. The molecule has 1 fully saturated rings. The van der Waals surface area contributed by atoms with E-state index in [4.69, 9.17) is 0 Å². The maximum atomic E-state index is 11.9. The van der Waals surface area contributed by atoms with Crippen molar-refractivity contribution in [3.05, 3.63) is 22.4 Å². The van der Waals surface area contributed by atoms with Crippen molar-refractivity contribution in [1.82, 2.24) is 19.7 Å². The van der Waals surface area contributed by atoms with Crippen LogP contribution in [0.15, 0.2) is 11.0 Å². The van der Waals surface area contributed by atoms with Crippen molar-refractivity contribution >= 4 is 11.0 Å². The second-order valence-corrected chi connectivity index (χ2v) is 4.89. The van der Waals surface area contributed by atoms with Gasteiger partial charge < -0.3 is 10.1 Å². The van der Waals surface area contributed by atoms with Gasteiger partial charge >= 0.3 is 0 Å². The van der Waals surface area contributed by atoms with Crippen LogP contribution in [0.4, 0.5) is 0 Å². The lowest BCUT2D eigenvalue weighted by Gasteiger charge is -2.11. The summed E-state index contributed by atoms with van der Waals surface area (Å²) in [4.78, 5) is 18.8. The van der Waals surface area contributed by atoms with Crippen molar-refractivity contribution in [2.45, 2.75) is 44.8 Å². The van der Waals surface area contributed by atoms with Crippen LogP contribution >= 0.6 is 0 Å². The molecular weight excluding hydrogens is 232 g/mol. The predicted molar refractivity (Wildman–Crippen MR) is 66.3 cm³/mol. The van der Waals surface area contributed by atoms with Gasteiger partial charge in [-0.25, -0.2) is 9.67 Å². The molecule has 1 aliphatic carbocycles. The highest BCUT2D eigenvalue weighted by Crippen LogP contribution is 2.30. The number of nitrogens with zero attached hydrogens (tertiary/aromatic N) is 3. The fourth-order valence-corrected chi connectivity index (χ4v) is 2.57. The molecule has 0 amide bonds. The maximum Gasteiger partial charge on any atom is 0.262 e. The van der Waals surface area contributed by atoms with E-state index in [0.29, 0.717) is 22.9 Å². The van der Waals surface area contributed by atoms with Crippen molar-refractivity contribution in [2.75, 3.05) is 0 Å². The molecule has 3 rings (SSSR count). The molecule has 2 N–H and O–H groups in total. The Hall–Kier alpha value is -1.69. The normalized spacial score (nSPS) is 18.6. The van der Waals surface area contributed by atoms with Crippen LogP contribution < -0.4 is 5.56 Å². The first-order valence-corrected chi connectivity index (χ1v) is 6.32. The second kappa shape index (κ2) is 4.20. The first-order valence-electron chi connectivity index (χ1n) is 6.32. The number of aromatic amines is 1. The van der Waals surface area contributed by atoms with Gasteiger partial charge in [0.25, 0.3) is 5.56 Å². The Morgan fingerprint density at radius 1 is 1.50 bits per heavy atom. The molecule has 2 heterocycles. The Balaban J connectivity index is 2.18. The highest BCUT2D eigenvalue weighted by molar-refractivity contribution is 5.73. The van der Waals surface area contributed by atoms with Gasteiger partial charge in [-0.3, -0.25) is 4.79 Å². The van der Waals surface area contributed by atoms with E-state index in [-0.39, 0.29) is 5.56 Å². The third-order valence-corrected chi connectivity index (χ3v) is 3.55. The van der Waals surface area contributed by atoms with Crippen molar-refractivity contribution < 1.29 is 5.11 Å². The summed E-state index contributed by atoms with van der Waals surface area (Å²) in [5.41, 5.74) is 0.349. The summed E-state index contributed by atoms with van der Waals surface area (Å²) < 4.78 is 1.84. The van der Waals surface area contributed by atoms with E-state index in [2.05, 4.69) is 15.1 Å². The molecule has 0 spiro atoms. The smallest absolute Gasteiger partial charge is 0.262 e. The molecule has 0 aliphatic heterocycles. The SMILES string of the molecule is CC(O)c1nc2c(cnn2C2CCCC2)c(=O)[nH]1. The van der Waals surface area contributed by atoms with Crippen LogP contribution in [0, 0.1) is 0 Å². The molecule has 18 heavy (non-hydrogen) atoms. The Labute approximate surface area is 104 Å². The minimum absolute atomic E-state index is 0.236. The Kier molecular flexibility index (Phi) is 2.66. The molecule has 0 aromatic carbocycles. The Bertz CT molecular complexity index is 623.